The number of anilines is 1. The van der Waals surface area contributed by atoms with E-state index in [0.29, 0.717) is 17.0 Å². The lowest BCUT2D eigenvalue weighted by molar-refractivity contribution is -0.150. The summed E-state index contributed by atoms with van der Waals surface area (Å²) >= 11 is 0. The molecule has 0 aromatic heterocycles. The summed E-state index contributed by atoms with van der Waals surface area (Å²) in [5, 5.41) is 0. The van der Waals surface area contributed by atoms with Crippen molar-refractivity contribution in [1.82, 2.24) is 0 Å². The van der Waals surface area contributed by atoms with Crippen molar-refractivity contribution in [2.75, 3.05) is 24.7 Å². The minimum atomic E-state index is -1.28. The lowest BCUT2D eigenvalue weighted by Gasteiger charge is -2.39. The fraction of sp³-hybridized carbons (Fsp3) is 0.500. The molecule has 28 heavy (non-hydrogen) atoms. The predicted octanol–water partition coefficient (Wildman–Crippen LogP) is 2.28. The van der Waals surface area contributed by atoms with Gasteiger partial charge in [-0.15, -0.1) is 0 Å². The van der Waals surface area contributed by atoms with E-state index in [2.05, 4.69) is 0 Å². The number of nitrogens with zero attached hydrogens (tertiary/aromatic N) is 1. The Hall–Kier alpha value is -2.90. The van der Waals surface area contributed by atoms with Crippen molar-refractivity contribution in [3.05, 3.63) is 23.8 Å². The van der Waals surface area contributed by atoms with Gasteiger partial charge in [0.05, 0.1) is 25.3 Å². The number of amides is 1. The van der Waals surface area contributed by atoms with Crippen molar-refractivity contribution in [2.24, 2.45) is 0 Å². The van der Waals surface area contributed by atoms with Crippen molar-refractivity contribution in [3.8, 4) is 5.75 Å². The standard InChI is InChI=1S/C20H25NO7/c1-5-26-18(24)10-8-15(22)13-7-9-16-14(11-13)21(17(23)12-28-16)20(3,4)19(25)27-6-2/h7,9,11H,5-6,8,10,12H2,1-4H3. The summed E-state index contributed by atoms with van der Waals surface area (Å²) in [6.07, 6.45) is -0.0507. The van der Waals surface area contributed by atoms with Gasteiger partial charge >= 0.3 is 11.9 Å². The molecule has 0 saturated carbocycles. The molecule has 1 aliphatic rings. The second-order valence-corrected chi connectivity index (χ2v) is 6.71. The molecule has 1 aromatic carbocycles. The molecule has 1 amide bonds. The van der Waals surface area contributed by atoms with Crippen LogP contribution in [0.5, 0.6) is 5.75 Å². The number of carbonyl (C=O) groups excluding carboxylic acids is 4. The molecule has 0 bridgehead atoms. The first-order chi connectivity index (χ1) is 13.2. The highest BCUT2D eigenvalue weighted by atomic mass is 16.5. The molecule has 0 aliphatic carbocycles. The van der Waals surface area contributed by atoms with Gasteiger partial charge in [-0.25, -0.2) is 4.79 Å². The molecule has 0 radical (unpaired) electrons. The lowest BCUT2D eigenvalue weighted by Crippen LogP contribution is -2.57. The lowest BCUT2D eigenvalue weighted by atomic mass is 9.98. The molecule has 0 spiro atoms. The molecular weight excluding hydrogens is 366 g/mol. The Bertz CT molecular complexity index is 785. The quantitative estimate of drug-likeness (QED) is 0.495. The molecule has 1 aromatic rings. The van der Waals surface area contributed by atoms with Gasteiger partial charge in [0.15, 0.2) is 12.4 Å². The van der Waals surface area contributed by atoms with Crippen LogP contribution in [0.3, 0.4) is 0 Å². The number of carbonyl (C=O) groups is 4. The molecule has 152 valence electrons. The first-order valence-corrected chi connectivity index (χ1v) is 9.18. The monoisotopic (exact) mass is 391 g/mol. The first kappa shape index (κ1) is 21.4. The van der Waals surface area contributed by atoms with Crippen molar-refractivity contribution in [1.29, 1.82) is 0 Å². The molecule has 8 heteroatoms. The Kier molecular flexibility index (Phi) is 6.77. The SMILES string of the molecule is CCOC(=O)CCC(=O)c1ccc2c(c1)N(C(C)(C)C(=O)OCC)C(=O)CO2. The zero-order valence-electron chi connectivity index (χ0n) is 16.6. The predicted molar refractivity (Wildman–Crippen MR) is 100 cm³/mol. The Labute approximate surface area is 163 Å². The zero-order chi connectivity index (χ0) is 20.9. The number of hydrogen-bond acceptors (Lipinski definition) is 7. The first-order valence-electron chi connectivity index (χ1n) is 9.18. The Morgan fingerprint density at radius 3 is 2.43 bits per heavy atom. The van der Waals surface area contributed by atoms with Crippen LogP contribution in [0.15, 0.2) is 18.2 Å². The third-order valence-corrected chi connectivity index (χ3v) is 4.32. The van der Waals surface area contributed by atoms with Gasteiger partial charge in [0, 0.05) is 12.0 Å². The summed E-state index contributed by atoms with van der Waals surface area (Å²) in [5.41, 5.74) is -0.652. The van der Waals surface area contributed by atoms with Crippen molar-refractivity contribution in [3.63, 3.8) is 0 Å². The maximum absolute atomic E-state index is 12.5. The smallest absolute Gasteiger partial charge is 0.331 e. The topological polar surface area (TPSA) is 99.2 Å². The van der Waals surface area contributed by atoms with Crippen molar-refractivity contribution < 1.29 is 33.4 Å². The summed E-state index contributed by atoms with van der Waals surface area (Å²) < 4.78 is 15.4. The summed E-state index contributed by atoms with van der Waals surface area (Å²) in [4.78, 5) is 50.2. The van der Waals surface area contributed by atoms with E-state index in [-0.39, 0.29) is 38.4 Å². The van der Waals surface area contributed by atoms with Crippen LogP contribution in [0.2, 0.25) is 0 Å². The highest BCUT2D eigenvalue weighted by Crippen LogP contribution is 2.38. The molecule has 0 saturated heterocycles. The van der Waals surface area contributed by atoms with E-state index in [4.69, 9.17) is 14.2 Å². The number of esters is 2. The van der Waals surface area contributed by atoms with Gasteiger partial charge in [-0.2, -0.15) is 0 Å². The van der Waals surface area contributed by atoms with Gasteiger partial charge < -0.3 is 14.2 Å². The molecule has 0 fully saturated rings. The highest BCUT2D eigenvalue weighted by molar-refractivity contribution is 6.06. The third-order valence-electron chi connectivity index (χ3n) is 4.32. The van der Waals surface area contributed by atoms with E-state index in [1.54, 1.807) is 39.8 Å². The number of ketones is 1. The van der Waals surface area contributed by atoms with Crippen LogP contribution in [0, 0.1) is 0 Å². The average molecular weight is 391 g/mol. The maximum atomic E-state index is 12.5. The van der Waals surface area contributed by atoms with Crippen LogP contribution in [0.1, 0.15) is 50.9 Å². The van der Waals surface area contributed by atoms with E-state index in [1.165, 1.54) is 11.0 Å². The molecule has 2 rings (SSSR count). The summed E-state index contributed by atoms with van der Waals surface area (Å²) in [6.45, 7) is 6.75. The number of benzene rings is 1. The molecule has 8 nitrogen and oxygen atoms in total. The molecule has 0 N–H and O–H groups in total. The Balaban J connectivity index is 2.32. The third kappa shape index (κ3) is 4.49. The molecule has 0 unspecified atom stereocenters. The average Bonchev–Trinajstić information content (AvgIpc) is 2.65. The van der Waals surface area contributed by atoms with Gasteiger partial charge in [0.1, 0.15) is 11.3 Å². The number of fused-ring (bicyclic) bond motifs is 1. The van der Waals surface area contributed by atoms with Gasteiger partial charge in [-0.3, -0.25) is 19.3 Å². The second-order valence-electron chi connectivity index (χ2n) is 6.71. The molecule has 0 atom stereocenters. The Morgan fingerprint density at radius 1 is 1.11 bits per heavy atom. The van der Waals surface area contributed by atoms with Gasteiger partial charge in [0.25, 0.3) is 5.91 Å². The normalized spacial score (nSPS) is 13.4. The van der Waals surface area contributed by atoms with Crippen LogP contribution in [0.4, 0.5) is 5.69 Å². The highest BCUT2D eigenvalue weighted by Gasteiger charge is 2.43. The summed E-state index contributed by atoms with van der Waals surface area (Å²) in [5.74, 6) is -1.31. The van der Waals surface area contributed by atoms with Gasteiger partial charge in [-0.1, -0.05) is 0 Å². The Morgan fingerprint density at radius 2 is 1.79 bits per heavy atom. The molecule has 1 heterocycles. The minimum Gasteiger partial charge on any atom is -0.482 e. The van der Waals surface area contributed by atoms with Crippen LogP contribution >= 0.6 is 0 Å². The summed E-state index contributed by atoms with van der Waals surface area (Å²) in [6, 6.07) is 4.64. The minimum absolute atomic E-state index is 0.0201. The van der Waals surface area contributed by atoms with E-state index >= 15 is 0 Å². The molecule has 1 aliphatic heterocycles. The van der Waals surface area contributed by atoms with Gasteiger partial charge in [-0.05, 0) is 45.9 Å². The van der Waals surface area contributed by atoms with E-state index in [9.17, 15) is 19.2 Å². The number of hydrogen-bond donors (Lipinski definition) is 0. The fourth-order valence-corrected chi connectivity index (χ4v) is 2.93. The van der Waals surface area contributed by atoms with E-state index in [1.807, 2.05) is 0 Å². The fourth-order valence-electron chi connectivity index (χ4n) is 2.93. The molecular formula is C20H25NO7. The number of rotatable bonds is 8. The van der Waals surface area contributed by atoms with Crippen LogP contribution in [0.25, 0.3) is 0 Å². The van der Waals surface area contributed by atoms with Crippen LogP contribution < -0.4 is 9.64 Å². The van der Waals surface area contributed by atoms with Crippen molar-refractivity contribution >= 4 is 29.3 Å². The van der Waals surface area contributed by atoms with Crippen LogP contribution in [-0.4, -0.2) is 49.0 Å². The second kappa shape index (κ2) is 8.86. The summed E-state index contributed by atoms with van der Waals surface area (Å²) in [7, 11) is 0. The van der Waals surface area contributed by atoms with Gasteiger partial charge in [0.2, 0.25) is 0 Å². The van der Waals surface area contributed by atoms with E-state index in [0.717, 1.165) is 0 Å². The largest absolute Gasteiger partial charge is 0.482 e. The number of Topliss-reactive ketones (excluding diaryl/α,β-unsaturated/α-hetero) is 1. The maximum Gasteiger partial charge on any atom is 0.331 e. The van der Waals surface area contributed by atoms with E-state index < -0.39 is 23.4 Å². The zero-order valence-corrected chi connectivity index (χ0v) is 16.6. The van der Waals surface area contributed by atoms with Crippen molar-refractivity contribution in [2.45, 2.75) is 46.1 Å². The van der Waals surface area contributed by atoms with Crippen LogP contribution in [-0.2, 0) is 23.9 Å². The number of ether oxygens (including phenoxy) is 3.